The van der Waals surface area contributed by atoms with Gasteiger partial charge in [-0.1, -0.05) is 12.1 Å². The summed E-state index contributed by atoms with van der Waals surface area (Å²) in [6.45, 7) is 3.52. The Bertz CT molecular complexity index is 465. The molecule has 1 aromatic rings. The highest BCUT2D eigenvalue weighted by Gasteiger charge is 2.17. The SMILES string of the molecule is COc1ccccc1NC(=O)CNCC1CCCN(C)C1. The lowest BCUT2D eigenvalue weighted by Crippen LogP contribution is -2.39. The zero-order valence-electron chi connectivity index (χ0n) is 12.9. The first-order valence-electron chi connectivity index (χ1n) is 7.51. The van der Waals surface area contributed by atoms with Gasteiger partial charge in [0.2, 0.25) is 5.91 Å². The molecule has 1 aliphatic rings. The van der Waals surface area contributed by atoms with Crippen LogP contribution in [0.2, 0.25) is 0 Å². The van der Waals surface area contributed by atoms with Crippen molar-refractivity contribution in [1.82, 2.24) is 10.2 Å². The highest BCUT2D eigenvalue weighted by atomic mass is 16.5. The Kier molecular flexibility index (Phi) is 6.02. The number of nitrogens with zero attached hydrogens (tertiary/aromatic N) is 1. The van der Waals surface area contributed by atoms with Crippen molar-refractivity contribution in [3.8, 4) is 5.75 Å². The monoisotopic (exact) mass is 291 g/mol. The van der Waals surface area contributed by atoms with Gasteiger partial charge in [-0.05, 0) is 51.0 Å². The van der Waals surface area contributed by atoms with Gasteiger partial charge in [0, 0.05) is 6.54 Å². The highest BCUT2D eigenvalue weighted by molar-refractivity contribution is 5.93. The second kappa shape index (κ2) is 8.00. The van der Waals surface area contributed by atoms with E-state index >= 15 is 0 Å². The van der Waals surface area contributed by atoms with Gasteiger partial charge in [0.25, 0.3) is 0 Å². The van der Waals surface area contributed by atoms with Crippen molar-refractivity contribution >= 4 is 11.6 Å². The Labute approximate surface area is 126 Å². The van der Waals surface area contributed by atoms with E-state index in [4.69, 9.17) is 4.74 Å². The first kappa shape index (κ1) is 15.8. The van der Waals surface area contributed by atoms with E-state index in [1.165, 1.54) is 19.4 Å². The molecular formula is C16H25N3O2. The molecule has 1 fully saturated rings. The van der Waals surface area contributed by atoms with Crippen molar-refractivity contribution in [2.45, 2.75) is 12.8 Å². The van der Waals surface area contributed by atoms with E-state index in [9.17, 15) is 4.79 Å². The van der Waals surface area contributed by atoms with Crippen molar-refractivity contribution in [2.75, 3.05) is 45.7 Å². The number of piperidine rings is 1. The Morgan fingerprint density at radius 3 is 3.00 bits per heavy atom. The van der Waals surface area contributed by atoms with Gasteiger partial charge >= 0.3 is 0 Å². The summed E-state index contributed by atoms with van der Waals surface area (Å²) in [5, 5.41) is 6.12. The molecule has 0 aliphatic carbocycles. The van der Waals surface area contributed by atoms with E-state index in [0.29, 0.717) is 23.9 Å². The summed E-state index contributed by atoms with van der Waals surface area (Å²) in [5.41, 5.74) is 0.712. The summed E-state index contributed by atoms with van der Waals surface area (Å²) in [6, 6.07) is 7.43. The summed E-state index contributed by atoms with van der Waals surface area (Å²) >= 11 is 0. The number of anilines is 1. The average Bonchev–Trinajstić information content (AvgIpc) is 2.48. The van der Waals surface area contributed by atoms with Crippen LogP contribution in [0, 0.1) is 5.92 Å². The fraction of sp³-hybridized carbons (Fsp3) is 0.562. The number of ether oxygens (including phenoxy) is 1. The van der Waals surface area contributed by atoms with Gasteiger partial charge < -0.3 is 20.3 Å². The highest BCUT2D eigenvalue weighted by Crippen LogP contribution is 2.22. The predicted molar refractivity (Wildman–Crippen MR) is 84.7 cm³/mol. The number of amides is 1. The third kappa shape index (κ3) is 5.02. The maximum absolute atomic E-state index is 11.9. The smallest absolute Gasteiger partial charge is 0.238 e. The topological polar surface area (TPSA) is 53.6 Å². The molecule has 1 saturated heterocycles. The molecule has 1 unspecified atom stereocenters. The molecule has 1 aliphatic heterocycles. The summed E-state index contributed by atoms with van der Waals surface area (Å²) in [7, 11) is 3.75. The van der Waals surface area contributed by atoms with Crippen LogP contribution in [0.25, 0.3) is 0 Å². The van der Waals surface area contributed by atoms with Crippen LogP contribution in [0.5, 0.6) is 5.75 Å². The Balaban J connectivity index is 1.72. The van der Waals surface area contributed by atoms with Crippen LogP contribution in [0.1, 0.15) is 12.8 Å². The van der Waals surface area contributed by atoms with Crippen LogP contribution >= 0.6 is 0 Å². The predicted octanol–water partition coefficient (Wildman–Crippen LogP) is 1.57. The fourth-order valence-corrected chi connectivity index (χ4v) is 2.77. The lowest BCUT2D eigenvalue weighted by Gasteiger charge is -2.29. The summed E-state index contributed by atoms with van der Waals surface area (Å²) in [4.78, 5) is 14.3. The molecule has 2 rings (SSSR count). The molecule has 0 saturated carbocycles. The van der Waals surface area contributed by atoms with Crippen molar-refractivity contribution in [3.05, 3.63) is 24.3 Å². The molecule has 5 nitrogen and oxygen atoms in total. The Morgan fingerprint density at radius 1 is 1.43 bits per heavy atom. The first-order valence-corrected chi connectivity index (χ1v) is 7.51. The van der Waals surface area contributed by atoms with E-state index in [0.717, 1.165) is 13.1 Å². The van der Waals surface area contributed by atoms with Crippen LogP contribution < -0.4 is 15.4 Å². The van der Waals surface area contributed by atoms with Gasteiger partial charge in [-0.25, -0.2) is 0 Å². The third-order valence-electron chi connectivity index (χ3n) is 3.82. The molecule has 0 radical (unpaired) electrons. The minimum atomic E-state index is -0.0383. The number of hydrogen-bond acceptors (Lipinski definition) is 4. The molecular weight excluding hydrogens is 266 g/mol. The molecule has 21 heavy (non-hydrogen) atoms. The van der Waals surface area contributed by atoms with E-state index in [-0.39, 0.29) is 5.91 Å². The minimum Gasteiger partial charge on any atom is -0.495 e. The van der Waals surface area contributed by atoms with E-state index in [1.807, 2.05) is 24.3 Å². The zero-order chi connectivity index (χ0) is 15.1. The van der Waals surface area contributed by atoms with Crippen molar-refractivity contribution < 1.29 is 9.53 Å². The number of methoxy groups -OCH3 is 1. The second-order valence-electron chi connectivity index (χ2n) is 5.65. The lowest BCUT2D eigenvalue weighted by atomic mass is 9.98. The summed E-state index contributed by atoms with van der Waals surface area (Å²) < 4.78 is 5.22. The number of hydrogen-bond donors (Lipinski definition) is 2. The number of rotatable bonds is 6. The number of carbonyl (C=O) groups is 1. The third-order valence-corrected chi connectivity index (χ3v) is 3.82. The van der Waals surface area contributed by atoms with Gasteiger partial charge in [-0.3, -0.25) is 4.79 Å². The number of likely N-dealkylation sites (tertiary alicyclic amines) is 1. The quantitative estimate of drug-likeness (QED) is 0.835. The van der Waals surface area contributed by atoms with Crippen LogP contribution in [-0.4, -0.2) is 51.1 Å². The number of carbonyl (C=O) groups excluding carboxylic acids is 1. The molecule has 1 atom stereocenters. The molecule has 0 aromatic heterocycles. The number of para-hydroxylation sites is 2. The van der Waals surface area contributed by atoms with Crippen LogP contribution in [0.15, 0.2) is 24.3 Å². The van der Waals surface area contributed by atoms with Gasteiger partial charge in [-0.15, -0.1) is 0 Å². The Morgan fingerprint density at radius 2 is 2.24 bits per heavy atom. The maximum Gasteiger partial charge on any atom is 0.238 e. The normalized spacial score (nSPS) is 19.2. The minimum absolute atomic E-state index is 0.0383. The summed E-state index contributed by atoms with van der Waals surface area (Å²) in [6.07, 6.45) is 2.49. The molecule has 0 spiro atoms. The van der Waals surface area contributed by atoms with Crippen molar-refractivity contribution in [1.29, 1.82) is 0 Å². The second-order valence-corrected chi connectivity index (χ2v) is 5.65. The fourth-order valence-electron chi connectivity index (χ4n) is 2.77. The standard InChI is InChI=1S/C16H25N3O2/c1-19-9-5-6-13(12-19)10-17-11-16(20)18-14-7-3-4-8-15(14)21-2/h3-4,7-8,13,17H,5-6,9-12H2,1-2H3,(H,18,20). The average molecular weight is 291 g/mol. The van der Waals surface area contributed by atoms with E-state index in [2.05, 4.69) is 22.6 Å². The zero-order valence-corrected chi connectivity index (χ0v) is 12.9. The molecule has 2 N–H and O–H groups in total. The van der Waals surface area contributed by atoms with Gasteiger partial charge in [0.1, 0.15) is 5.75 Å². The molecule has 5 heteroatoms. The molecule has 1 amide bonds. The van der Waals surface area contributed by atoms with Gasteiger partial charge in [0.05, 0.1) is 19.3 Å². The number of benzene rings is 1. The van der Waals surface area contributed by atoms with Crippen LogP contribution in [0.3, 0.4) is 0 Å². The van der Waals surface area contributed by atoms with Gasteiger partial charge in [-0.2, -0.15) is 0 Å². The number of nitrogens with one attached hydrogen (secondary N) is 2. The van der Waals surface area contributed by atoms with Crippen LogP contribution in [-0.2, 0) is 4.79 Å². The lowest BCUT2D eigenvalue weighted by molar-refractivity contribution is -0.115. The molecule has 116 valence electrons. The van der Waals surface area contributed by atoms with Crippen molar-refractivity contribution in [2.24, 2.45) is 5.92 Å². The Hall–Kier alpha value is -1.59. The van der Waals surface area contributed by atoms with Gasteiger partial charge in [0.15, 0.2) is 0 Å². The maximum atomic E-state index is 11.9. The van der Waals surface area contributed by atoms with Crippen molar-refractivity contribution in [3.63, 3.8) is 0 Å². The molecule has 1 aromatic carbocycles. The largest absolute Gasteiger partial charge is 0.495 e. The molecule has 1 heterocycles. The van der Waals surface area contributed by atoms with E-state index in [1.54, 1.807) is 7.11 Å². The van der Waals surface area contributed by atoms with Crippen LogP contribution in [0.4, 0.5) is 5.69 Å². The summed E-state index contributed by atoms with van der Waals surface area (Å²) in [5.74, 6) is 1.28. The molecule has 0 bridgehead atoms. The van der Waals surface area contributed by atoms with E-state index < -0.39 is 0 Å². The first-order chi connectivity index (χ1) is 10.2.